The van der Waals surface area contributed by atoms with Gasteiger partial charge in [-0.3, -0.25) is 9.36 Å². The molecule has 1 saturated carbocycles. The van der Waals surface area contributed by atoms with Crippen LogP contribution in [0, 0.1) is 0 Å². The van der Waals surface area contributed by atoms with Crippen LogP contribution in [0.2, 0.25) is 0 Å². The van der Waals surface area contributed by atoms with Crippen LogP contribution in [-0.2, 0) is 11.3 Å². The van der Waals surface area contributed by atoms with Crippen LogP contribution in [-0.4, -0.2) is 37.9 Å². The number of hydrogen-bond acceptors (Lipinski definition) is 5. The molecule has 1 amide bonds. The zero-order valence-electron chi connectivity index (χ0n) is 15.5. The number of benzene rings is 1. The number of thioether (sulfide) groups is 1. The van der Waals surface area contributed by atoms with Gasteiger partial charge >= 0.3 is 0 Å². The van der Waals surface area contributed by atoms with Crippen molar-refractivity contribution in [3.05, 3.63) is 57.0 Å². The molecule has 0 N–H and O–H groups in total. The van der Waals surface area contributed by atoms with Gasteiger partial charge in [0.1, 0.15) is 5.82 Å². The maximum atomic E-state index is 12.8. The lowest BCUT2D eigenvalue weighted by molar-refractivity contribution is -0.128. The quantitative estimate of drug-likeness (QED) is 0.423. The van der Waals surface area contributed by atoms with Gasteiger partial charge in [0.25, 0.3) is 0 Å². The summed E-state index contributed by atoms with van der Waals surface area (Å²) in [5, 5.41) is 9.62. The van der Waals surface area contributed by atoms with E-state index >= 15 is 0 Å². The van der Waals surface area contributed by atoms with E-state index in [1.54, 1.807) is 11.3 Å². The Labute approximate surface area is 181 Å². The molecule has 0 radical (unpaired) electrons. The summed E-state index contributed by atoms with van der Waals surface area (Å²) in [4.78, 5) is 15.9. The summed E-state index contributed by atoms with van der Waals surface area (Å²) < 4.78 is 3.20. The largest absolute Gasteiger partial charge is 0.337 e. The first-order valence-electron chi connectivity index (χ1n) is 9.31. The van der Waals surface area contributed by atoms with Crippen LogP contribution >= 0.6 is 39.0 Å². The Morgan fingerprint density at radius 1 is 1.25 bits per heavy atom. The van der Waals surface area contributed by atoms with Gasteiger partial charge in [0, 0.05) is 23.0 Å². The van der Waals surface area contributed by atoms with Crippen molar-refractivity contribution < 1.29 is 4.79 Å². The van der Waals surface area contributed by atoms with Gasteiger partial charge in [-0.05, 0) is 60.0 Å². The summed E-state index contributed by atoms with van der Waals surface area (Å²) in [7, 11) is 0. The van der Waals surface area contributed by atoms with Gasteiger partial charge < -0.3 is 4.90 Å². The summed E-state index contributed by atoms with van der Waals surface area (Å²) in [6.07, 6.45) is 2.32. The fourth-order valence-corrected chi connectivity index (χ4v) is 5.38. The molecular weight excluding hydrogens is 456 g/mol. The highest BCUT2D eigenvalue weighted by Gasteiger charge is 2.31. The minimum atomic E-state index is 0.118. The van der Waals surface area contributed by atoms with Gasteiger partial charge in [-0.1, -0.05) is 30.0 Å². The van der Waals surface area contributed by atoms with Crippen LogP contribution in [0.4, 0.5) is 0 Å². The van der Waals surface area contributed by atoms with Crippen LogP contribution in [0.5, 0.6) is 0 Å². The molecule has 1 fully saturated rings. The predicted octanol–water partition coefficient (Wildman–Crippen LogP) is 5.11. The third kappa shape index (κ3) is 4.50. The van der Waals surface area contributed by atoms with Crippen LogP contribution < -0.4 is 0 Å². The number of halogens is 1. The molecule has 2 heterocycles. The second kappa shape index (κ2) is 8.80. The van der Waals surface area contributed by atoms with E-state index in [2.05, 4.69) is 48.9 Å². The molecule has 3 aromatic rings. The van der Waals surface area contributed by atoms with E-state index in [9.17, 15) is 4.79 Å². The molecule has 0 aliphatic heterocycles. The average molecular weight is 477 g/mol. The molecule has 0 spiro atoms. The Bertz CT molecular complexity index is 952. The smallest absolute Gasteiger partial charge is 0.233 e. The highest BCUT2D eigenvalue weighted by atomic mass is 79.9. The normalized spacial score (nSPS) is 13.6. The van der Waals surface area contributed by atoms with Gasteiger partial charge in [-0.2, -0.15) is 0 Å². The molecular formula is C20H21BrN4OS2. The molecule has 2 aromatic heterocycles. The fraction of sp³-hybridized carbons (Fsp3) is 0.350. The maximum absolute atomic E-state index is 12.8. The molecule has 0 unspecified atom stereocenters. The number of hydrogen-bond donors (Lipinski definition) is 0. The zero-order chi connectivity index (χ0) is 19.5. The van der Waals surface area contributed by atoms with Crippen molar-refractivity contribution in [1.29, 1.82) is 0 Å². The molecule has 146 valence electrons. The third-order valence-electron chi connectivity index (χ3n) is 4.65. The van der Waals surface area contributed by atoms with E-state index in [1.807, 2.05) is 36.1 Å². The molecule has 5 nitrogen and oxygen atoms in total. The molecule has 8 heteroatoms. The Balaban J connectivity index is 1.47. The summed E-state index contributed by atoms with van der Waals surface area (Å²) in [5.74, 6) is 1.97. The van der Waals surface area contributed by atoms with Gasteiger partial charge in [0.15, 0.2) is 5.16 Å². The third-order valence-corrected chi connectivity index (χ3v) is 7.17. The number of amides is 1. The number of para-hydroxylation sites is 1. The van der Waals surface area contributed by atoms with E-state index in [4.69, 9.17) is 0 Å². The minimum absolute atomic E-state index is 0.118. The van der Waals surface area contributed by atoms with Crippen LogP contribution in [0.1, 0.15) is 36.4 Å². The first-order valence-corrected chi connectivity index (χ1v) is 11.9. The van der Waals surface area contributed by atoms with Crippen LogP contribution in [0.25, 0.3) is 5.69 Å². The van der Waals surface area contributed by atoms with E-state index in [-0.39, 0.29) is 5.91 Å². The first kappa shape index (κ1) is 19.7. The summed E-state index contributed by atoms with van der Waals surface area (Å²) in [6, 6.07) is 14.2. The van der Waals surface area contributed by atoms with Crippen molar-refractivity contribution in [1.82, 2.24) is 19.7 Å². The molecule has 1 aliphatic rings. The molecule has 0 saturated heterocycles. The van der Waals surface area contributed by atoms with E-state index in [1.165, 1.54) is 16.6 Å². The molecule has 0 atom stereocenters. The SMILES string of the molecule is CCN(Cc1ccc(Br)s1)C(=O)CSc1nnc(C2CC2)n1-c1ccccc1. The highest BCUT2D eigenvalue weighted by Crippen LogP contribution is 2.41. The first-order chi connectivity index (χ1) is 13.7. The zero-order valence-corrected chi connectivity index (χ0v) is 18.8. The molecule has 1 aliphatic carbocycles. The van der Waals surface area contributed by atoms with Gasteiger partial charge in [-0.25, -0.2) is 0 Å². The Morgan fingerprint density at radius 3 is 2.68 bits per heavy atom. The average Bonchev–Trinajstić information content (AvgIpc) is 3.34. The van der Waals surface area contributed by atoms with Crippen LogP contribution in [0.15, 0.2) is 51.4 Å². The second-order valence-corrected chi connectivity index (χ2v) is 10.2. The molecule has 4 rings (SSSR count). The monoisotopic (exact) mass is 476 g/mol. The molecule has 28 heavy (non-hydrogen) atoms. The van der Waals surface area contributed by atoms with E-state index in [0.29, 0.717) is 24.8 Å². The predicted molar refractivity (Wildman–Crippen MR) is 117 cm³/mol. The Morgan fingerprint density at radius 2 is 2.04 bits per heavy atom. The van der Waals surface area contributed by atoms with Crippen molar-refractivity contribution in [3.63, 3.8) is 0 Å². The van der Waals surface area contributed by atoms with Crippen molar-refractivity contribution in [2.24, 2.45) is 0 Å². The maximum Gasteiger partial charge on any atom is 0.233 e. The Hall–Kier alpha value is -1.64. The summed E-state index contributed by atoms with van der Waals surface area (Å²) in [5.41, 5.74) is 1.06. The highest BCUT2D eigenvalue weighted by molar-refractivity contribution is 9.11. The van der Waals surface area contributed by atoms with Crippen LogP contribution in [0.3, 0.4) is 0 Å². The van der Waals surface area contributed by atoms with Crippen molar-refractivity contribution >= 4 is 44.9 Å². The summed E-state index contributed by atoms with van der Waals surface area (Å²) in [6.45, 7) is 3.35. The van der Waals surface area contributed by atoms with Crippen molar-refractivity contribution in [3.8, 4) is 5.69 Å². The fourth-order valence-electron chi connectivity index (χ4n) is 3.02. The second-order valence-electron chi connectivity index (χ2n) is 6.69. The number of thiophene rings is 1. The topological polar surface area (TPSA) is 51.0 Å². The number of nitrogens with zero attached hydrogens (tertiary/aromatic N) is 4. The molecule has 1 aromatic carbocycles. The molecule has 0 bridgehead atoms. The lowest BCUT2D eigenvalue weighted by atomic mass is 10.3. The standard InChI is InChI=1S/C20H21BrN4OS2/c1-2-24(12-16-10-11-17(21)28-16)18(26)13-27-20-23-22-19(14-8-9-14)25(20)15-6-4-3-5-7-15/h3-7,10-11,14H,2,8-9,12-13H2,1H3. The lowest BCUT2D eigenvalue weighted by Crippen LogP contribution is -2.31. The number of rotatable bonds is 8. The van der Waals surface area contributed by atoms with Crippen molar-refractivity contribution in [2.75, 3.05) is 12.3 Å². The number of carbonyl (C=O) groups excluding carboxylic acids is 1. The van der Waals surface area contributed by atoms with Gasteiger partial charge in [-0.15, -0.1) is 21.5 Å². The Kier molecular flexibility index (Phi) is 6.18. The number of aromatic nitrogens is 3. The van der Waals surface area contributed by atoms with Gasteiger partial charge in [0.05, 0.1) is 16.1 Å². The van der Waals surface area contributed by atoms with Gasteiger partial charge in [0.2, 0.25) is 5.91 Å². The summed E-state index contributed by atoms with van der Waals surface area (Å²) >= 11 is 6.62. The number of carbonyl (C=O) groups is 1. The van der Waals surface area contributed by atoms with E-state index < -0.39 is 0 Å². The van der Waals surface area contributed by atoms with E-state index in [0.717, 1.165) is 33.3 Å². The lowest BCUT2D eigenvalue weighted by Gasteiger charge is -2.20. The van der Waals surface area contributed by atoms with Crippen molar-refractivity contribution in [2.45, 2.75) is 37.4 Å². The minimum Gasteiger partial charge on any atom is -0.337 e.